The van der Waals surface area contributed by atoms with Crippen molar-refractivity contribution < 1.29 is 9.59 Å². The molecule has 1 N–H and O–H groups in total. The molecular weight excluding hydrogens is 226 g/mol. The van der Waals surface area contributed by atoms with E-state index in [1.54, 1.807) is 6.07 Å². The molecule has 0 aliphatic heterocycles. The molecule has 0 radical (unpaired) electrons. The van der Waals surface area contributed by atoms with Gasteiger partial charge in [0.25, 0.3) is 0 Å². The third-order valence-corrected chi connectivity index (χ3v) is 3.05. The molecule has 18 heavy (non-hydrogen) atoms. The predicted molar refractivity (Wildman–Crippen MR) is 69.6 cm³/mol. The molecule has 3 nitrogen and oxygen atoms in total. The summed E-state index contributed by atoms with van der Waals surface area (Å²) in [6.07, 6.45) is 0. The van der Waals surface area contributed by atoms with Crippen molar-refractivity contribution in [3.63, 3.8) is 0 Å². The first kappa shape index (κ1) is 10.7. The van der Waals surface area contributed by atoms with E-state index in [9.17, 15) is 9.59 Å². The molecule has 0 bridgehead atoms. The number of rotatable bonds is 1. The van der Waals surface area contributed by atoms with E-state index in [4.69, 9.17) is 0 Å². The third kappa shape index (κ3) is 1.52. The number of hydrogen-bond acceptors (Lipinski definition) is 2. The number of nitrogens with one attached hydrogen (secondary N) is 1. The van der Waals surface area contributed by atoms with Crippen molar-refractivity contribution in [3.8, 4) is 11.1 Å². The predicted octanol–water partition coefficient (Wildman–Crippen LogP) is 2.86. The zero-order chi connectivity index (χ0) is 12.7. The molecule has 0 saturated heterocycles. The van der Waals surface area contributed by atoms with E-state index in [0.717, 1.165) is 16.7 Å². The fraction of sp³-hybridized carbons (Fsp3) is 0.0667. The summed E-state index contributed by atoms with van der Waals surface area (Å²) in [4.78, 5) is 23.2. The van der Waals surface area contributed by atoms with Gasteiger partial charge in [-0.05, 0) is 23.3 Å². The summed E-state index contributed by atoms with van der Waals surface area (Å²) in [6.45, 7) is 1.45. The Morgan fingerprint density at radius 2 is 1.61 bits per heavy atom. The van der Waals surface area contributed by atoms with Crippen LogP contribution in [0.5, 0.6) is 0 Å². The van der Waals surface area contributed by atoms with Gasteiger partial charge in [-0.15, -0.1) is 0 Å². The Kier molecular flexibility index (Phi) is 2.27. The third-order valence-electron chi connectivity index (χ3n) is 3.05. The van der Waals surface area contributed by atoms with Gasteiger partial charge in [-0.2, -0.15) is 0 Å². The molecule has 2 aromatic carbocycles. The minimum Gasteiger partial charge on any atom is -0.326 e. The Hall–Kier alpha value is -2.42. The van der Waals surface area contributed by atoms with E-state index in [-0.39, 0.29) is 11.7 Å². The molecule has 3 rings (SSSR count). The van der Waals surface area contributed by atoms with Gasteiger partial charge < -0.3 is 5.32 Å². The summed E-state index contributed by atoms with van der Waals surface area (Å²) in [6, 6.07) is 13.0. The highest BCUT2D eigenvalue weighted by molar-refractivity contribution is 6.22. The molecule has 0 aromatic heterocycles. The maximum Gasteiger partial charge on any atom is 0.221 e. The van der Waals surface area contributed by atoms with Crippen LogP contribution in [0.15, 0.2) is 42.5 Å². The first-order valence-electron chi connectivity index (χ1n) is 5.72. The fourth-order valence-electron chi connectivity index (χ4n) is 2.31. The standard InChI is InChI=1S/C15H11NO2/c1-9(17)16-10-6-7-12-11-4-2-3-5-13(11)15(18)14(12)8-10/h2-8H,1H3,(H,16,17). The van der Waals surface area contributed by atoms with E-state index in [1.807, 2.05) is 36.4 Å². The number of amides is 1. The topological polar surface area (TPSA) is 46.2 Å². The SMILES string of the molecule is CC(=O)Nc1ccc2c(c1)C(=O)c1ccccc1-2. The second-order valence-corrected chi connectivity index (χ2v) is 4.32. The van der Waals surface area contributed by atoms with Crippen LogP contribution in [0.25, 0.3) is 11.1 Å². The number of fused-ring (bicyclic) bond motifs is 3. The van der Waals surface area contributed by atoms with Crippen LogP contribution < -0.4 is 5.32 Å². The lowest BCUT2D eigenvalue weighted by atomic mass is 10.1. The second-order valence-electron chi connectivity index (χ2n) is 4.32. The molecular formula is C15H11NO2. The van der Waals surface area contributed by atoms with Gasteiger partial charge >= 0.3 is 0 Å². The van der Waals surface area contributed by atoms with Crippen molar-refractivity contribution in [1.29, 1.82) is 0 Å². The molecule has 3 heteroatoms. The summed E-state index contributed by atoms with van der Waals surface area (Å²) in [5.74, 6) is -0.120. The molecule has 0 unspecified atom stereocenters. The van der Waals surface area contributed by atoms with Gasteiger partial charge in [-0.25, -0.2) is 0 Å². The Labute approximate surface area is 104 Å². The maximum absolute atomic E-state index is 12.2. The highest BCUT2D eigenvalue weighted by atomic mass is 16.1. The van der Waals surface area contributed by atoms with Crippen LogP contribution in [-0.2, 0) is 4.79 Å². The summed E-state index contributed by atoms with van der Waals surface area (Å²) >= 11 is 0. The molecule has 0 atom stereocenters. The molecule has 1 aliphatic carbocycles. The van der Waals surface area contributed by atoms with Crippen LogP contribution in [0.4, 0.5) is 5.69 Å². The lowest BCUT2D eigenvalue weighted by Crippen LogP contribution is -2.06. The average molecular weight is 237 g/mol. The molecule has 0 fully saturated rings. The first-order chi connectivity index (χ1) is 8.66. The maximum atomic E-state index is 12.2. The molecule has 0 saturated carbocycles. The van der Waals surface area contributed by atoms with Gasteiger partial charge in [0.05, 0.1) is 0 Å². The van der Waals surface area contributed by atoms with Gasteiger partial charge in [0.1, 0.15) is 0 Å². The van der Waals surface area contributed by atoms with Gasteiger partial charge in [0.15, 0.2) is 5.78 Å². The van der Waals surface area contributed by atoms with E-state index >= 15 is 0 Å². The van der Waals surface area contributed by atoms with Crippen molar-refractivity contribution in [2.45, 2.75) is 6.92 Å². The number of carbonyl (C=O) groups is 2. The number of hydrogen-bond donors (Lipinski definition) is 1. The van der Waals surface area contributed by atoms with Crippen LogP contribution in [0, 0.1) is 0 Å². The van der Waals surface area contributed by atoms with Crippen molar-refractivity contribution in [1.82, 2.24) is 0 Å². The van der Waals surface area contributed by atoms with Gasteiger partial charge in [-0.1, -0.05) is 30.3 Å². The fourth-order valence-corrected chi connectivity index (χ4v) is 2.31. The number of anilines is 1. The van der Waals surface area contributed by atoms with Crippen molar-refractivity contribution >= 4 is 17.4 Å². The molecule has 88 valence electrons. The van der Waals surface area contributed by atoms with Crippen molar-refractivity contribution in [2.24, 2.45) is 0 Å². The van der Waals surface area contributed by atoms with E-state index < -0.39 is 0 Å². The Morgan fingerprint density at radius 3 is 2.33 bits per heavy atom. The summed E-state index contributed by atoms with van der Waals surface area (Å²) in [5, 5.41) is 2.69. The normalized spacial score (nSPS) is 11.9. The van der Waals surface area contributed by atoms with Gasteiger partial charge in [-0.3, -0.25) is 9.59 Å². The summed E-state index contributed by atoms with van der Waals surface area (Å²) < 4.78 is 0. The summed E-state index contributed by atoms with van der Waals surface area (Å²) in [5.41, 5.74) is 3.94. The second kappa shape index (κ2) is 3.81. The molecule has 1 aliphatic rings. The van der Waals surface area contributed by atoms with Crippen LogP contribution in [0.2, 0.25) is 0 Å². The quantitative estimate of drug-likeness (QED) is 0.707. The molecule has 2 aromatic rings. The smallest absolute Gasteiger partial charge is 0.221 e. The minimum atomic E-state index is -0.141. The Balaban J connectivity index is 2.14. The Morgan fingerprint density at radius 1 is 0.944 bits per heavy atom. The van der Waals surface area contributed by atoms with Crippen LogP contribution in [0.3, 0.4) is 0 Å². The zero-order valence-electron chi connectivity index (χ0n) is 9.86. The minimum absolute atomic E-state index is 0.0211. The van der Waals surface area contributed by atoms with Crippen LogP contribution >= 0.6 is 0 Å². The van der Waals surface area contributed by atoms with Gasteiger partial charge in [0.2, 0.25) is 5.91 Å². The van der Waals surface area contributed by atoms with Crippen LogP contribution in [-0.4, -0.2) is 11.7 Å². The van der Waals surface area contributed by atoms with Crippen LogP contribution in [0.1, 0.15) is 22.8 Å². The van der Waals surface area contributed by atoms with E-state index in [0.29, 0.717) is 11.3 Å². The first-order valence-corrected chi connectivity index (χ1v) is 5.72. The number of carbonyl (C=O) groups excluding carboxylic acids is 2. The largest absolute Gasteiger partial charge is 0.326 e. The van der Waals surface area contributed by atoms with Crippen molar-refractivity contribution in [2.75, 3.05) is 5.32 Å². The highest BCUT2D eigenvalue weighted by Crippen LogP contribution is 2.37. The monoisotopic (exact) mass is 237 g/mol. The van der Waals surface area contributed by atoms with E-state index in [2.05, 4.69) is 5.32 Å². The molecule has 1 amide bonds. The van der Waals surface area contributed by atoms with Gasteiger partial charge in [0, 0.05) is 23.7 Å². The lowest BCUT2D eigenvalue weighted by Gasteiger charge is -2.04. The van der Waals surface area contributed by atoms with Crippen molar-refractivity contribution in [3.05, 3.63) is 53.6 Å². The van der Waals surface area contributed by atoms with E-state index in [1.165, 1.54) is 6.92 Å². The average Bonchev–Trinajstić information content (AvgIpc) is 2.63. The number of benzene rings is 2. The Bertz CT molecular complexity index is 674. The summed E-state index contributed by atoms with van der Waals surface area (Å²) in [7, 11) is 0. The molecule has 0 heterocycles. The zero-order valence-corrected chi connectivity index (χ0v) is 9.86. The highest BCUT2D eigenvalue weighted by Gasteiger charge is 2.26. The number of ketones is 1. The lowest BCUT2D eigenvalue weighted by molar-refractivity contribution is -0.114. The molecule has 0 spiro atoms.